The summed E-state index contributed by atoms with van der Waals surface area (Å²) < 4.78 is 22.7. The molecule has 10 nitrogen and oxygen atoms in total. The minimum atomic E-state index is -0.934. The Morgan fingerprint density at radius 1 is 1.00 bits per heavy atom. The van der Waals surface area contributed by atoms with E-state index in [0.717, 1.165) is 17.7 Å². The topological polar surface area (TPSA) is 156 Å². The van der Waals surface area contributed by atoms with E-state index in [-0.39, 0.29) is 41.1 Å². The molecule has 0 amide bonds. The maximum absolute atomic E-state index is 13.2. The lowest BCUT2D eigenvalue weighted by molar-refractivity contribution is -0.135. The standard InChI is InChI=1S/C29H24O10/c1-13(2)12-37-20-7-5-14(9-21(20)36-3)16-10-23(33)38-22-11-19(32)25-26(34)27(35)28(39-29(25)24(16)22)15-4-6-17(30)18(31)8-15/h4-9,11,16,30-32,35H,1,10,12H2,2-3H3/t16-/m0/s1. The van der Waals surface area contributed by atoms with Crippen LogP contribution in [0.2, 0.25) is 0 Å². The number of carbonyl (C=O) groups is 1. The van der Waals surface area contributed by atoms with Gasteiger partial charge >= 0.3 is 5.97 Å². The normalized spacial score (nSPS) is 14.5. The summed E-state index contributed by atoms with van der Waals surface area (Å²) >= 11 is 0. The molecule has 4 aromatic rings. The number of rotatable bonds is 6. The summed E-state index contributed by atoms with van der Waals surface area (Å²) in [5, 5.41) is 40.7. The number of ether oxygens (including phenoxy) is 3. The molecule has 3 aromatic carbocycles. The van der Waals surface area contributed by atoms with Gasteiger partial charge in [0.25, 0.3) is 0 Å². The van der Waals surface area contributed by atoms with Crippen LogP contribution in [0.3, 0.4) is 0 Å². The van der Waals surface area contributed by atoms with Crippen LogP contribution in [0.5, 0.6) is 40.2 Å². The van der Waals surface area contributed by atoms with Crippen molar-refractivity contribution in [3.8, 4) is 51.6 Å². The zero-order valence-corrected chi connectivity index (χ0v) is 21.0. The number of phenolic OH excluding ortho intramolecular Hbond substituents is 3. The minimum absolute atomic E-state index is 0.0174. The molecule has 4 N–H and O–H groups in total. The van der Waals surface area contributed by atoms with E-state index >= 15 is 0 Å². The molecule has 1 aliphatic rings. The zero-order valence-electron chi connectivity index (χ0n) is 21.0. The number of hydrogen-bond acceptors (Lipinski definition) is 10. The van der Waals surface area contributed by atoms with Gasteiger partial charge in [-0.05, 0) is 48.4 Å². The second-order valence-corrected chi connectivity index (χ2v) is 9.21. The summed E-state index contributed by atoms with van der Waals surface area (Å²) in [7, 11) is 1.48. The maximum atomic E-state index is 13.2. The highest BCUT2D eigenvalue weighted by Crippen LogP contribution is 2.48. The van der Waals surface area contributed by atoms with Crippen molar-refractivity contribution in [1.82, 2.24) is 0 Å². The maximum Gasteiger partial charge on any atom is 0.312 e. The van der Waals surface area contributed by atoms with Gasteiger partial charge in [0, 0.05) is 23.1 Å². The van der Waals surface area contributed by atoms with Gasteiger partial charge in [0.1, 0.15) is 29.1 Å². The number of fused-ring (bicyclic) bond motifs is 3. The largest absolute Gasteiger partial charge is 0.507 e. The number of hydrogen-bond donors (Lipinski definition) is 4. The van der Waals surface area contributed by atoms with E-state index in [1.54, 1.807) is 18.2 Å². The number of esters is 1. The number of carbonyl (C=O) groups excluding carboxylic acids is 1. The van der Waals surface area contributed by atoms with E-state index in [1.165, 1.54) is 19.2 Å². The molecule has 1 aliphatic heterocycles. The molecule has 0 aliphatic carbocycles. The van der Waals surface area contributed by atoms with Gasteiger partial charge in [-0.25, -0.2) is 0 Å². The number of benzene rings is 3. The van der Waals surface area contributed by atoms with Crippen LogP contribution in [0.4, 0.5) is 0 Å². The van der Waals surface area contributed by atoms with Crippen LogP contribution in [0.15, 0.2) is 63.8 Å². The molecule has 39 heavy (non-hydrogen) atoms. The number of aromatic hydroxyl groups is 4. The molecule has 0 saturated carbocycles. The molecule has 1 aromatic heterocycles. The smallest absolute Gasteiger partial charge is 0.312 e. The van der Waals surface area contributed by atoms with Crippen molar-refractivity contribution in [3.63, 3.8) is 0 Å². The summed E-state index contributed by atoms with van der Waals surface area (Å²) in [6.07, 6.45) is -0.123. The van der Waals surface area contributed by atoms with E-state index in [4.69, 9.17) is 18.6 Å². The van der Waals surface area contributed by atoms with Gasteiger partial charge in [-0.15, -0.1) is 0 Å². The average molecular weight is 533 g/mol. The first-order chi connectivity index (χ1) is 18.6. The van der Waals surface area contributed by atoms with Crippen molar-refractivity contribution in [2.24, 2.45) is 0 Å². The lowest BCUT2D eigenvalue weighted by Crippen LogP contribution is -2.22. The Morgan fingerprint density at radius 2 is 1.77 bits per heavy atom. The first-order valence-electron chi connectivity index (χ1n) is 11.8. The Balaban J connectivity index is 1.75. The SMILES string of the molecule is C=C(C)COc1ccc([C@@H]2CC(=O)Oc3cc(O)c4c(=O)c(O)c(-c5ccc(O)c(O)c5)oc4c32)cc1OC. The molecule has 10 heteroatoms. The molecule has 0 unspecified atom stereocenters. The molecule has 2 heterocycles. The molecule has 200 valence electrons. The summed E-state index contributed by atoms with van der Waals surface area (Å²) in [5.74, 6) is -3.01. The Labute approximate surface area is 221 Å². The monoisotopic (exact) mass is 532 g/mol. The molecule has 0 fully saturated rings. The van der Waals surface area contributed by atoms with Crippen LogP contribution >= 0.6 is 0 Å². The molecular formula is C29H24O10. The Kier molecular flexibility index (Phi) is 6.31. The predicted octanol–water partition coefficient (Wildman–Crippen LogP) is 4.69. The second-order valence-electron chi connectivity index (χ2n) is 9.21. The van der Waals surface area contributed by atoms with Crippen molar-refractivity contribution >= 4 is 16.9 Å². The van der Waals surface area contributed by atoms with Crippen LogP contribution < -0.4 is 19.6 Å². The van der Waals surface area contributed by atoms with Gasteiger partial charge in [-0.1, -0.05) is 12.6 Å². The highest BCUT2D eigenvalue weighted by molar-refractivity contribution is 5.94. The fraction of sp³-hybridized carbons (Fsp3) is 0.172. The quantitative estimate of drug-likeness (QED) is 0.119. The van der Waals surface area contributed by atoms with E-state index in [1.807, 2.05) is 6.92 Å². The van der Waals surface area contributed by atoms with E-state index in [0.29, 0.717) is 22.6 Å². The van der Waals surface area contributed by atoms with E-state index in [2.05, 4.69) is 6.58 Å². The van der Waals surface area contributed by atoms with Crippen molar-refractivity contribution in [1.29, 1.82) is 0 Å². The van der Waals surface area contributed by atoms with Crippen LogP contribution in [-0.2, 0) is 4.79 Å². The third-order valence-corrected chi connectivity index (χ3v) is 6.37. The molecule has 5 rings (SSSR count). The van der Waals surface area contributed by atoms with Gasteiger partial charge in [-0.3, -0.25) is 9.59 Å². The van der Waals surface area contributed by atoms with Crippen LogP contribution in [-0.4, -0.2) is 40.1 Å². The molecule has 1 atom stereocenters. The molecule has 0 saturated heterocycles. The third kappa shape index (κ3) is 4.46. The minimum Gasteiger partial charge on any atom is -0.507 e. The van der Waals surface area contributed by atoms with Crippen molar-refractivity contribution in [3.05, 3.63) is 76.0 Å². The van der Waals surface area contributed by atoms with Crippen LogP contribution in [0.25, 0.3) is 22.3 Å². The van der Waals surface area contributed by atoms with E-state index in [9.17, 15) is 30.0 Å². The molecular weight excluding hydrogens is 508 g/mol. The summed E-state index contributed by atoms with van der Waals surface area (Å²) in [6, 6.07) is 9.86. The van der Waals surface area contributed by atoms with Crippen molar-refractivity contribution in [2.45, 2.75) is 19.3 Å². The summed E-state index contributed by atoms with van der Waals surface area (Å²) in [4.78, 5) is 25.8. The molecule has 0 bridgehead atoms. The first kappa shape index (κ1) is 25.5. The highest BCUT2D eigenvalue weighted by Gasteiger charge is 2.35. The number of phenols is 3. The summed E-state index contributed by atoms with van der Waals surface area (Å²) in [5.41, 5.74) is 0.752. The van der Waals surface area contributed by atoms with Gasteiger partial charge < -0.3 is 39.1 Å². The predicted molar refractivity (Wildman–Crippen MR) is 140 cm³/mol. The Bertz CT molecular complexity index is 1720. The number of methoxy groups -OCH3 is 1. The Morgan fingerprint density at radius 3 is 2.46 bits per heavy atom. The average Bonchev–Trinajstić information content (AvgIpc) is 2.90. The van der Waals surface area contributed by atoms with Crippen molar-refractivity contribution < 1.29 is 43.8 Å². The first-order valence-corrected chi connectivity index (χ1v) is 11.8. The fourth-order valence-corrected chi connectivity index (χ4v) is 4.55. The Hall–Kier alpha value is -5.12. The van der Waals surface area contributed by atoms with Crippen LogP contribution in [0, 0.1) is 0 Å². The van der Waals surface area contributed by atoms with Gasteiger partial charge in [0.2, 0.25) is 11.2 Å². The highest BCUT2D eigenvalue weighted by atomic mass is 16.5. The third-order valence-electron chi connectivity index (χ3n) is 6.37. The van der Waals surface area contributed by atoms with Crippen LogP contribution in [0.1, 0.15) is 30.4 Å². The second kappa shape index (κ2) is 9.64. The van der Waals surface area contributed by atoms with Gasteiger partial charge in [0.05, 0.1) is 13.5 Å². The fourth-order valence-electron chi connectivity index (χ4n) is 4.55. The zero-order chi connectivity index (χ0) is 28.0. The van der Waals surface area contributed by atoms with Crippen molar-refractivity contribution in [2.75, 3.05) is 13.7 Å². The van der Waals surface area contributed by atoms with E-state index < -0.39 is 40.3 Å². The molecule has 0 radical (unpaired) electrons. The van der Waals surface area contributed by atoms with Gasteiger partial charge in [-0.2, -0.15) is 0 Å². The molecule has 0 spiro atoms. The van der Waals surface area contributed by atoms with Gasteiger partial charge in [0.15, 0.2) is 28.8 Å². The lowest BCUT2D eigenvalue weighted by atomic mass is 9.85. The summed E-state index contributed by atoms with van der Waals surface area (Å²) in [6.45, 7) is 5.92. The lowest BCUT2D eigenvalue weighted by Gasteiger charge is -2.26.